The van der Waals surface area contributed by atoms with Crippen LogP contribution in [0.4, 0.5) is 0 Å². The van der Waals surface area contributed by atoms with Gasteiger partial charge < -0.3 is 14.8 Å². The van der Waals surface area contributed by atoms with Gasteiger partial charge in [-0.1, -0.05) is 29.8 Å². The first-order valence-electron chi connectivity index (χ1n) is 8.85. The minimum absolute atomic E-state index is 0.121. The molecule has 2 heterocycles. The third kappa shape index (κ3) is 4.72. The number of H-pyrrole nitrogens is 1. The van der Waals surface area contributed by atoms with Crippen molar-refractivity contribution in [2.45, 2.75) is 26.2 Å². The second-order valence-electron chi connectivity index (χ2n) is 6.65. The third-order valence-electron chi connectivity index (χ3n) is 4.68. The van der Waals surface area contributed by atoms with Gasteiger partial charge >= 0.3 is 0 Å². The van der Waals surface area contributed by atoms with Crippen molar-refractivity contribution in [2.24, 2.45) is 0 Å². The van der Waals surface area contributed by atoms with Crippen molar-refractivity contribution in [1.82, 2.24) is 14.8 Å². The molecular weight excluding hydrogens is 314 g/mol. The SMILES string of the molecule is Cc1ccc(CC(=O)N2CCCN(C(=O)Cc3ccc[nH]3)CC2)cc1. The summed E-state index contributed by atoms with van der Waals surface area (Å²) in [5.41, 5.74) is 3.17. The predicted octanol–water partition coefficient (Wildman–Crippen LogP) is 2.17. The van der Waals surface area contributed by atoms with E-state index in [1.54, 1.807) is 0 Å². The average Bonchev–Trinajstić information content (AvgIpc) is 2.98. The van der Waals surface area contributed by atoms with E-state index in [2.05, 4.69) is 4.98 Å². The van der Waals surface area contributed by atoms with Gasteiger partial charge in [0.05, 0.1) is 12.8 Å². The molecule has 132 valence electrons. The molecule has 1 fully saturated rings. The maximum absolute atomic E-state index is 12.6. The van der Waals surface area contributed by atoms with Crippen LogP contribution in [-0.2, 0) is 22.4 Å². The van der Waals surface area contributed by atoms with E-state index in [4.69, 9.17) is 0 Å². The van der Waals surface area contributed by atoms with Crippen molar-refractivity contribution in [3.63, 3.8) is 0 Å². The highest BCUT2D eigenvalue weighted by molar-refractivity contribution is 5.80. The Labute approximate surface area is 148 Å². The Balaban J connectivity index is 1.53. The Morgan fingerprint density at radius 3 is 2.16 bits per heavy atom. The number of hydrogen-bond donors (Lipinski definition) is 1. The number of aromatic nitrogens is 1. The van der Waals surface area contributed by atoms with Crippen LogP contribution in [0.25, 0.3) is 0 Å². The molecule has 1 saturated heterocycles. The molecule has 0 saturated carbocycles. The molecular formula is C20H25N3O2. The monoisotopic (exact) mass is 339 g/mol. The largest absolute Gasteiger partial charge is 0.365 e. The van der Waals surface area contributed by atoms with Gasteiger partial charge in [0.15, 0.2) is 0 Å². The molecule has 0 radical (unpaired) electrons. The van der Waals surface area contributed by atoms with E-state index in [0.29, 0.717) is 32.5 Å². The Morgan fingerprint density at radius 2 is 1.56 bits per heavy atom. The fourth-order valence-electron chi connectivity index (χ4n) is 3.16. The standard InChI is InChI=1S/C20H25N3O2/c1-16-5-7-17(8-6-16)14-19(24)22-10-3-11-23(13-12-22)20(25)15-18-4-2-9-21-18/h2,4-9,21H,3,10-15H2,1H3. The first kappa shape index (κ1) is 17.3. The van der Waals surface area contributed by atoms with Crippen LogP contribution in [-0.4, -0.2) is 52.8 Å². The molecule has 5 heteroatoms. The molecule has 1 aliphatic heterocycles. The van der Waals surface area contributed by atoms with Crippen LogP contribution in [0.1, 0.15) is 23.2 Å². The van der Waals surface area contributed by atoms with Crippen molar-refractivity contribution in [3.8, 4) is 0 Å². The zero-order chi connectivity index (χ0) is 17.6. The Hall–Kier alpha value is -2.56. The van der Waals surface area contributed by atoms with Gasteiger partial charge in [-0.3, -0.25) is 9.59 Å². The molecule has 0 unspecified atom stereocenters. The van der Waals surface area contributed by atoms with E-state index in [9.17, 15) is 9.59 Å². The highest BCUT2D eigenvalue weighted by Crippen LogP contribution is 2.10. The van der Waals surface area contributed by atoms with Crippen LogP contribution < -0.4 is 0 Å². The van der Waals surface area contributed by atoms with Gasteiger partial charge in [0.25, 0.3) is 0 Å². The molecule has 25 heavy (non-hydrogen) atoms. The number of hydrogen-bond acceptors (Lipinski definition) is 2. The number of aryl methyl sites for hydroxylation is 1. The average molecular weight is 339 g/mol. The van der Waals surface area contributed by atoms with E-state index < -0.39 is 0 Å². The molecule has 2 aromatic rings. The van der Waals surface area contributed by atoms with Crippen LogP contribution in [0.2, 0.25) is 0 Å². The summed E-state index contributed by atoms with van der Waals surface area (Å²) in [6.07, 6.45) is 3.48. The van der Waals surface area contributed by atoms with Crippen LogP contribution in [0.3, 0.4) is 0 Å². The smallest absolute Gasteiger partial charge is 0.228 e. The van der Waals surface area contributed by atoms with E-state index in [1.165, 1.54) is 5.56 Å². The van der Waals surface area contributed by atoms with Crippen molar-refractivity contribution in [3.05, 3.63) is 59.4 Å². The van der Waals surface area contributed by atoms with Gasteiger partial charge in [0.2, 0.25) is 11.8 Å². The lowest BCUT2D eigenvalue weighted by atomic mass is 10.1. The van der Waals surface area contributed by atoms with E-state index in [1.807, 2.05) is 59.3 Å². The first-order valence-corrected chi connectivity index (χ1v) is 8.85. The summed E-state index contributed by atoms with van der Waals surface area (Å²) in [6.45, 7) is 4.70. The zero-order valence-corrected chi connectivity index (χ0v) is 14.7. The van der Waals surface area contributed by atoms with Crippen LogP contribution in [0, 0.1) is 6.92 Å². The minimum Gasteiger partial charge on any atom is -0.365 e. The van der Waals surface area contributed by atoms with Gasteiger partial charge in [-0.2, -0.15) is 0 Å². The summed E-state index contributed by atoms with van der Waals surface area (Å²) in [7, 11) is 0. The number of carbonyl (C=O) groups is 2. The van der Waals surface area contributed by atoms with Crippen LogP contribution >= 0.6 is 0 Å². The highest BCUT2D eigenvalue weighted by atomic mass is 16.2. The molecule has 3 rings (SSSR count). The minimum atomic E-state index is 0.121. The molecule has 2 amide bonds. The normalized spacial score (nSPS) is 15.1. The first-order chi connectivity index (χ1) is 12.1. The maximum Gasteiger partial charge on any atom is 0.228 e. The molecule has 5 nitrogen and oxygen atoms in total. The Bertz CT molecular complexity index is 707. The molecule has 0 aliphatic carbocycles. The fourth-order valence-corrected chi connectivity index (χ4v) is 3.16. The summed E-state index contributed by atoms with van der Waals surface area (Å²) < 4.78 is 0. The van der Waals surface area contributed by atoms with Crippen LogP contribution in [0.5, 0.6) is 0 Å². The van der Waals surface area contributed by atoms with Gasteiger partial charge in [0, 0.05) is 38.1 Å². The summed E-state index contributed by atoms with van der Waals surface area (Å²) in [5, 5.41) is 0. The second-order valence-corrected chi connectivity index (χ2v) is 6.65. The van der Waals surface area contributed by atoms with Gasteiger partial charge in [-0.15, -0.1) is 0 Å². The van der Waals surface area contributed by atoms with E-state index >= 15 is 0 Å². The topological polar surface area (TPSA) is 56.4 Å². The Kier molecular flexibility index (Phi) is 5.53. The van der Waals surface area contributed by atoms with E-state index in [0.717, 1.165) is 24.2 Å². The maximum atomic E-state index is 12.6. The molecule has 1 aromatic heterocycles. The quantitative estimate of drug-likeness (QED) is 0.928. The number of amides is 2. The Morgan fingerprint density at radius 1 is 0.920 bits per heavy atom. The van der Waals surface area contributed by atoms with Gasteiger partial charge in [0.1, 0.15) is 0 Å². The second kappa shape index (κ2) is 8.01. The van der Waals surface area contributed by atoms with E-state index in [-0.39, 0.29) is 11.8 Å². The zero-order valence-electron chi connectivity index (χ0n) is 14.7. The number of carbonyl (C=O) groups excluding carboxylic acids is 2. The molecule has 0 bridgehead atoms. The molecule has 0 spiro atoms. The predicted molar refractivity (Wildman–Crippen MR) is 97.2 cm³/mol. The summed E-state index contributed by atoms with van der Waals surface area (Å²) in [4.78, 5) is 31.8. The number of aromatic amines is 1. The summed E-state index contributed by atoms with van der Waals surface area (Å²) >= 11 is 0. The van der Waals surface area contributed by atoms with Crippen molar-refractivity contribution < 1.29 is 9.59 Å². The lowest BCUT2D eigenvalue weighted by Crippen LogP contribution is -2.38. The highest BCUT2D eigenvalue weighted by Gasteiger charge is 2.22. The lowest BCUT2D eigenvalue weighted by molar-refractivity contribution is -0.132. The third-order valence-corrected chi connectivity index (χ3v) is 4.68. The summed E-state index contributed by atoms with van der Waals surface area (Å²) in [6, 6.07) is 11.9. The molecule has 0 atom stereocenters. The number of rotatable bonds is 4. The van der Waals surface area contributed by atoms with Crippen molar-refractivity contribution in [1.29, 1.82) is 0 Å². The van der Waals surface area contributed by atoms with Crippen LogP contribution in [0.15, 0.2) is 42.6 Å². The van der Waals surface area contributed by atoms with Gasteiger partial charge in [-0.05, 0) is 31.0 Å². The number of benzene rings is 1. The number of nitrogens with zero attached hydrogens (tertiary/aromatic N) is 2. The van der Waals surface area contributed by atoms with Crippen molar-refractivity contribution >= 4 is 11.8 Å². The molecule has 1 aromatic carbocycles. The van der Waals surface area contributed by atoms with Gasteiger partial charge in [-0.25, -0.2) is 0 Å². The summed E-state index contributed by atoms with van der Waals surface area (Å²) in [5.74, 6) is 0.262. The fraction of sp³-hybridized carbons (Fsp3) is 0.400. The van der Waals surface area contributed by atoms with Crippen molar-refractivity contribution in [2.75, 3.05) is 26.2 Å². The lowest BCUT2D eigenvalue weighted by Gasteiger charge is -2.22. The molecule has 1 aliphatic rings. The molecule has 1 N–H and O–H groups in total. The number of nitrogens with one attached hydrogen (secondary N) is 1.